The largest absolute Gasteiger partial charge is 0.459 e. The molecule has 2 aliphatic heterocycles. The second-order valence-corrected chi connectivity index (χ2v) is 15.9. The van der Waals surface area contributed by atoms with E-state index >= 15 is 0 Å². The van der Waals surface area contributed by atoms with E-state index in [4.69, 9.17) is 14.2 Å². The normalized spacial score (nSPS) is 47.0. The lowest BCUT2D eigenvalue weighted by Gasteiger charge is -2.49. The van der Waals surface area contributed by atoms with E-state index in [2.05, 4.69) is 10.6 Å². The zero-order valence-electron chi connectivity index (χ0n) is 30.6. The molecular weight excluding hydrogens is 606 g/mol. The monoisotopic (exact) mass is 673 g/mol. The molecule has 0 spiro atoms. The molecule has 14 atom stereocenters. The van der Waals surface area contributed by atoms with E-state index in [0.717, 1.165) is 25.7 Å². The first kappa shape index (κ1) is 40.5. The maximum Gasteiger partial charge on any atom is 0.312 e. The Kier molecular flexibility index (Phi) is 14.1. The minimum absolute atomic E-state index is 0.0276. The number of likely N-dealkylation sites (N-methyl/N-ethyl adjacent to an activating group) is 1. The minimum Gasteiger partial charge on any atom is -0.459 e. The minimum atomic E-state index is -1.79. The molecule has 0 amide bonds. The lowest BCUT2D eigenvalue weighted by atomic mass is 9.70. The second-order valence-electron chi connectivity index (χ2n) is 15.9. The van der Waals surface area contributed by atoms with Crippen LogP contribution in [0.15, 0.2) is 0 Å². The topological polar surface area (TPSA) is 173 Å². The molecule has 3 rings (SSSR count). The molecule has 2 heterocycles. The Bertz CT molecular complexity index is 993. The van der Waals surface area contributed by atoms with Crippen LogP contribution >= 0.6 is 0 Å². The number of rotatable bonds is 7. The molecule has 0 aromatic rings. The average Bonchev–Trinajstić information content (AvgIpc) is 3.53. The van der Waals surface area contributed by atoms with Crippen LogP contribution in [-0.2, 0) is 19.0 Å². The van der Waals surface area contributed by atoms with E-state index in [9.17, 15) is 30.3 Å². The molecule has 0 radical (unpaired) electrons. The van der Waals surface area contributed by atoms with Gasteiger partial charge < -0.3 is 55.3 Å². The van der Waals surface area contributed by atoms with Gasteiger partial charge in [0.15, 0.2) is 6.29 Å². The Balaban J connectivity index is 2.11. The van der Waals surface area contributed by atoms with Crippen LogP contribution in [0.4, 0.5) is 0 Å². The first-order valence-electron chi connectivity index (χ1n) is 17.9. The van der Waals surface area contributed by atoms with Crippen molar-refractivity contribution in [2.75, 3.05) is 27.2 Å². The van der Waals surface area contributed by atoms with Crippen molar-refractivity contribution in [3.63, 3.8) is 0 Å². The van der Waals surface area contributed by atoms with E-state index < -0.39 is 71.4 Å². The summed E-state index contributed by atoms with van der Waals surface area (Å²) < 4.78 is 18.7. The van der Waals surface area contributed by atoms with E-state index in [1.165, 1.54) is 6.92 Å². The smallest absolute Gasteiger partial charge is 0.312 e. The quantitative estimate of drug-likeness (QED) is 0.195. The molecule has 0 aromatic carbocycles. The fourth-order valence-corrected chi connectivity index (χ4v) is 8.16. The summed E-state index contributed by atoms with van der Waals surface area (Å²) in [7, 11) is 3.78. The zero-order valence-corrected chi connectivity index (χ0v) is 30.6. The van der Waals surface area contributed by atoms with Gasteiger partial charge in [0.2, 0.25) is 0 Å². The van der Waals surface area contributed by atoms with Crippen molar-refractivity contribution in [3.05, 3.63) is 0 Å². The van der Waals surface area contributed by atoms with Crippen molar-refractivity contribution in [1.29, 1.82) is 0 Å². The summed E-state index contributed by atoms with van der Waals surface area (Å²) in [5.74, 6) is -2.86. The number of ether oxygens (including phenoxy) is 3. The highest BCUT2D eigenvalue weighted by atomic mass is 16.7. The van der Waals surface area contributed by atoms with Gasteiger partial charge in [0, 0.05) is 30.6 Å². The molecule has 0 bridgehead atoms. The van der Waals surface area contributed by atoms with Gasteiger partial charge in [-0.25, -0.2) is 0 Å². The number of hydrogen-bond acceptors (Lipinski definition) is 12. The van der Waals surface area contributed by atoms with E-state index in [1.807, 2.05) is 32.8 Å². The molecule has 47 heavy (non-hydrogen) atoms. The molecule has 2 saturated heterocycles. The predicted octanol–water partition coefficient (Wildman–Crippen LogP) is 1.54. The van der Waals surface area contributed by atoms with E-state index in [0.29, 0.717) is 13.0 Å². The van der Waals surface area contributed by atoms with Crippen LogP contribution in [-0.4, -0.2) is 135 Å². The Hall–Kier alpha value is -0.930. The zero-order chi connectivity index (χ0) is 35.5. The molecule has 12 heteroatoms. The lowest BCUT2D eigenvalue weighted by molar-refractivity contribution is -0.304. The molecule has 3 fully saturated rings. The van der Waals surface area contributed by atoms with Gasteiger partial charge in [-0.3, -0.25) is 4.79 Å². The first-order valence-corrected chi connectivity index (χ1v) is 17.9. The highest BCUT2D eigenvalue weighted by molar-refractivity contribution is 5.74. The third-order valence-electron chi connectivity index (χ3n) is 11.4. The summed E-state index contributed by atoms with van der Waals surface area (Å²) in [5.41, 5.74) is -5.13. The lowest BCUT2D eigenvalue weighted by Crippen LogP contribution is -2.64. The molecule has 1 saturated carbocycles. The molecule has 12 nitrogen and oxygen atoms in total. The van der Waals surface area contributed by atoms with Crippen molar-refractivity contribution in [1.82, 2.24) is 15.5 Å². The SMILES string of the molecule is CC[C@H]1OC(=O)C(C)[C@@](O)(CNC2CCCC2)[C@H](C)[C@@H](O[C@@H]2O[C@H](C)C[C@H](N(C)C)[C@H]2O)[C@@](C)(O)C[C@@H](C)CN[C@H](C)[C@@H](O)[C@]1(C)O. The van der Waals surface area contributed by atoms with Crippen LogP contribution in [0.25, 0.3) is 0 Å². The van der Waals surface area contributed by atoms with Gasteiger partial charge in [-0.1, -0.05) is 33.6 Å². The summed E-state index contributed by atoms with van der Waals surface area (Å²) in [4.78, 5) is 15.9. The highest BCUT2D eigenvalue weighted by Gasteiger charge is 2.55. The molecule has 3 aliphatic rings. The summed E-state index contributed by atoms with van der Waals surface area (Å²) in [5, 5.41) is 66.0. The molecule has 1 aliphatic carbocycles. The number of carbonyl (C=O) groups is 1. The number of hydrogen-bond donors (Lipinski definition) is 7. The summed E-state index contributed by atoms with van der Waals surface area (Å²) in [6.07, 6.45) is -0.639. The van der Waals surface area contributed by atoms with Gasteiger partial charge in [0.05, 0.1) is 29.3 Å². The third-order valence-corrected chi connectivity index (χ3v) is 11.4. The van der Waals surface area contributed by atoms with E-state index in [1.54, 1.807) is 34.6 Å². The summed E-state index contributed by atoms with van der Waals surface area (Å²) >= 11 is 0. The fraction of sp³-hybridized carbons (Fsp3) is 0.971. The van der Waals surface area contributed by atoms with Crippen LogP contribution in [0, 0.1) is 17.8 Å². The van der Waals surface area contributed by atoms with E-state index in [-0.39, 0.29) is 43.5 Å². The average molecular weight is 674 g/mol. The standard InChI is InChI=1S/C35H67N3O9/c1-11-27-34(8,43)29(40)24(6)36-18-20(2)17-33(7,42)30(47-32-28(39)26(38(9)10)16-21(3)45-32)22(4)35(44,23(5)31(41)46-27)19-37-25-14-12-13-15-25/h20-30,32,36-37,39-40,42-44H,11-19H2,1-10H3/t20-,21-,22-,23?,24-,26+,27-,28-,29-,30-,32+,33+,34-,35-/m1/s1. The fourth-order valence-electron chi connectivity index (χ4n) is 8.16. The maximum atomic E-state index is 14.0. The van der Waals surface area contributed by atoms with Crippen LogP contribution in [0.3, 0.4) is 0 Å². The van der Waals surface area contributed by atoms with Crippen molar-refractivity contribution < 1.29 is 44.5 Å². The Morgan fingerprint density at radius 2 is 1.66 bits per heavy atom. The number of cyclic esters (lactones) is 1. The Morgan fingerprint density at radius 1 is 1.04 bits per heavy atom. The highest BCUT2D eigenvalue weighted by Crippen LogP contribution is 2.40. The molecule has 276 valence electrons. The van der Waals surface area contributed by atoms with Gasteiger partial charge >= 0.3 is 5.97 Å². The van der Waals surface area contributed by atoms with Crippen molar-refractivity contribution in [3.8, 4) is 0 Å². The molecule has 7 N–H and O–H groups in total. The summed E-state index contributed by atoms with van der Waals surface area (Å²) in [6.45, 7) is 14.3. The first-order chi connectivity index (χ1) is 21.8. The van der Waals surface area contributed by atoms with Crippen molar-refractivity contribution in [2.24, 2.45) is 17.8 Å². The Labute approximate surface area is 282 Å². The van der Waals surface area contributed by atoms with Gasteiger partial charge in [-0.2, -0.15) is 0 Å². The number of nitrogens with one attached hydrogen (secondary N) is 2. The number of esters is 1. The number of aliphatic hydroxyl groups is 5. The van der Waals surface area contributed by atoms with Crippen LogP contribution in [0.1, 0.15) is 100 Å². The van der Waals surface area contributed by atoms with Crippen LogP contribution < -0.4 is 10.6 Å². The summed E-state index contributed by atoms with van der Waals surface area (Å²) in [6, 6.07) is -0.651. The number of aliphatic hydroxyl groups excluding tert-OH is 2. The predicted molar refractivity (Wildman–Crippen MR) is 180 cm³/mol. The Morgan fingerprint density at radius 3 is 2.23 bits per heavy atom. The molecule has 1 unspecified atom stereocenters. The molecular formula is C35H67N3O9. The van der Waals surface area contributed by atoms with Crippen LogP contribution in [0.2, 0.25) is 0 Å². The maximum absolute atomic E-state index is 14.0. The van der Waals surface area contributed by atoms with Gasteiger partial charge in [-0.05, 0) is 93.3 Å². The molecule has 0 aromatic heterocycles. The van der Waals surface area contributed by atoms with Crippen molar-refractivity contribution >= 4 is 5.97 Å². The van der Waals surface area contributed by atoms with Crippen molar-refractivity contribution in [2.45, 2.75) is 172 Å². The van der Waals surface area contributed by atoms with Crippen LogP contribution in [0.5, 0.6) is 0 Å². The second kappa shape index (κ2) is 16.4. The third kappa shape index (κ3) is 9.45. The number of nitrogens with zero attached hydrogens (tertiary/aromatic N) is 1. The van der Waals surface area contributed by atoms with Gasteiger partial charge in [0.25, 0.3) is 0 Å². The van der Waals surface area contributed by atoms with Gasteiger partial charge in [0.1, 0.15) is 23.9 Å². The number of carbonyl (C=O) groups excluding carboxylic acids is 1. The van der Waals surface area contributed by atoms with Gasteiger partial charge in [-0.15, -0.1) is 0 Å².